The SMILES string of the molecule is COc1cccc(/C=N/N2CC[NH+](C3c4ccccc4-c4ccccc43)CC2)c1O. The molecule has 0 atom stereocenters. The molecule has 0 saturated carbocycles. The number of aromatic hydroxyl groups is 1. The van der Waals surface area contributed by atoms with Crippen molar-refractivity contribution in [2.45, 2.75) is 6.04 Å². The number of quaternary nitrogens is 1. The molecule has 152 valence electrons. The quantitative estimate of drug-likeness (QED) is 0.662. The standard InChI is InChI=1S/C25H25N3O2/c1-30-23-12-6-7-18(25(23)29)17-26-28-15-13-27(14-16-28)24-21-10-4-2-8-19(21)20-9-3-5-11-22(20)24/h2-12,17,24,29H,13-16H2,1H3/p+1/b26-17+. The van der Waals surface area contributed by atoms with Gasteiger partial charge in [0.15, 0.2) is 11.5 Å². The second-order valence-corrected chi connectivity index (χ2v) is 7.86. The van der Waals surface area contributed by atoms with Crippen LogP contribution >= 0.6 is 0 Å². The monoisotopic (exact) mass is 400 g/mol. The number of hydrogen-bond donors (Lipinski definition) is 2. The second-order valence-electron chi connectivity index (χ2n) is 7.86. The number of nitrogens with one attached hydrogen (secondary N) is 1. The molecule has 3 aromatic carbocycles. The van der Waals surface area contributed by atoms with Crippen molar-refractivity contribution in [2.75, 3.05) is 33.3 Å². The van der Waals surface area contributed by atoms with Crippen LogP contribution in [0.4, 0.5) is 0 Å². The van der Waals surface area contributed by atoms with Crippen LogP contribution in [-0.4, -0.2) is 49.6 Å². The molecule has 1 heterocycles. The van der Waals surface area contributed by atoms with Gasteiger partial charge in [-0.05, 0) is 23.3 Å². The van der Waals surface area contributed by atoms with E-state index in [1.54, 1.807) is 24.3 Å². The van der Waals surface area contributed by atoms with Gasteiger partial charge < -0.3 is 14.7 Å². The van der Waals surface area contributed by atoms with Crippen LogP contribution in [0.25, 0.3) is 11.1 Å². The van der Waals surface area contributed by atoms with Gasteiger partial charge in [-0.2, -0.15) is 5.10 Å². The van der Waals surface area contributed by atoms with Crippen molar-refractivity contribution < 1.29 is 14.7 Å². The van der Waals surface area contributed by atoms with Crippen LogP contribution in [-0.2, 0) is 0 Å². The van der Waals surface area contributed by atoms with E-state index in [9.17, 15) is 5.11 Å². The van der Waals surface area contributed by atoms with Gasteiger partial charge in [-0.25, -0.2) is 0 Å². The fraction of sp³-hybridized carbons (Fsp3) is 0.240. The molecular formula is C25H26N3O2+. The molecule has 5 nitrogen and oxygen atoms in total. The Morgan fingerprint density at radius 3 is 2.20 bits per heavy atom. The van der Waals surface area contributed by atoms with Crippen LogP contribution in [0.2, 0.25) is 0 Å². The molecule has 1 saturated heterocycles. The van der Waals surface area contributed by atoms with Crippen molar-refractivity contribution >= 4 is 6.21 Å². The van der Waals surface area contributed by atoms with Gasteiger partial charge in [0.05, 0.1) is 39.5 Å². The van der Waals surface area contributed by atoms with Crippen molar-refractivity contribution in [2.24, 2.45) is 5.10 Å². The number of piperazine rings is 1. The molecule has 2 aliphatic rings. The molecule has 1 aliphatic carbocycles. The van der Waals surface area contributed by atoms with E-state index in [-0.39, 0.29) is 5.75 Å². The largest absolute Gasteiger partial charge is 0.504 e. The fourth-order valence-corrected chi connectivity index (χ4v) is 4.73. The zero-order chi connectivity index (χ0) is 20.5. The molecule has 0 spiro atoms. The van der Waals surface area contributed by atoms with E-state index in [1.807, 2.05) is 12.1 Å². The first kappa shape index (κ1) is 18.7. The summed E-state index contributed by atoms with van der Waals surface area (Å²) in [6.45, 7) is 3.82. The highest BCUT2D eigenvalue weighted by Gasteiger charge is 2.37. The van der Waals surface area contributed by atoms with Gasteiger partial charge in [0.25, 0.3) is 0 Å². The number of methoxy groups -OCH3 is 1. The normalized spacial score (nSPS) is 16.6. The first-order valence-electron chi connectivity index (χ1n) is 10.4. The third-order valence-electron chi connectivity index (χ3n) is 6.23. The van der Waals surface area contributed by atoms with Crippen LogP contribution in [0.3, 0.4) is 0 Å². The molecule has 2 N–H and O–H groups in total. The number of rotatable bonds is 4. The number of fused-ring (bicyclic) bond motifs is 3. The molecule has 5 heteroatoms. The number of hydrogen-bond acceptors (Lipinski definition) is 4. The zero-order valence-electron chi connectivity index (χ0n) is 17.1. The lowest BCUT2D eigenvalue weighted by Gasteiger charge is -2.34. The second kappa shape index (κ2) is 7.84. The Morgan fingerprint density at radius 2 is 1.57 bits per heavy atom. The summed E-state index contributed by atoms with van der Waals surface area (Å²) in [5.41, 5.74) is 6.29. The van der Waals surface area contributed by atoms with E-state index < -0.39 is 0 Å². The molecule has 0 aromatic heterocycles. The molecule has 0 radical (unpaired) electrons. The maximum Gasteiger partial charge on any atom is 0.166 e. The molecule has 0 unspecified atom stereocenters. The Bertz CT molecular complexity index is 1040. The first-order valence-corrected chi connectivity index (χ1v) is 10.4. The Hall–Kier alpha value is -3.31. The summed E-state index contributed by atoms with van der Waals surface area (Å²) in [4.78, 5) is 1.59. The van der Waals surface area contributed by atoms with Crippen LogP contribution in [0.5, 0.6) is 11.5 Å². The number of hydrazone groups is 1. The maximum absolute atomic E-state index is 10.3. The Balaban J connectivity index is 1.31. The van der Waals surface area contributed by atoms with Crippen LogP contribution in [0.1, 0.15) is 22.7 Å². The van der Waals surface area contributed by atoms with Crippen molar-refractivity contribution in [1.82, 2.24) is 5.01 Å². The molecule has 3 aromatic rings. The topological polar surface area (TPSA) is 49.5 Å². The van der Waals surface area contributed by atoms with Gasteiger partial charge in [0, 0.05) is 16.7 Å². The van der Waals surface area contributed by atoms with Crippen molar-refractivity contribution in [1.29, 1.82) is 0 Å². The van der Waals surface area contributed by atoms with E-state index in [0.717, 1.165) is 26.2 Å². The van der Waals surface area contributed by atoms with Gasteiger partial charge in [-0.3, -0.25) is 5.01 Å². The minimum atomic E-state index is 0.132. The van der Waals surface area contributed by atoms with Crippen LogP contribution in [0, 0.1) is 0 Å². The van der Waals surface area contributed by atoms with Gasteiger partial charge in [-0.1, -0.05) is 54.6 Å². The summed E-state index contributed by atoms with van der Waals surface area (Å²) < 4.78 is 5.18. The summed E-state index contributed by atoms with van der Waals surface area (Å²) in [5, 5.41) is 17.0. The van der Waals surface area contributed by atoms with E-state index in [2.05, 4.69) is 58.6 Å². The number of phenolic OH excluding ortho intramolecular Hbond substituents is 1. The summed E-state index contributed by atoms with van der Waals surface area (Å²) in [6.07, 6.45) is 1.73. The highest BCUT2D eigenvalue weighted by Crippen LogP contribution is 2.41. The van der Waals surface area contributed by atoms with Gasteiger partial charge in [-0.15, -0.1) is 0 Å². The summed E-state index contributed by atoms with van der Waals surface area (Å²) >= 11 is 0. The summed E-state index contributed by atoms with van der Waals surface area (Å²) in [7, 11) is 1.55. The van der Waals surface area contributed by atoms with E-state index in [1.165, 1.54) is 22.3 Å². The average molecular weight is 401 g/mol. The summed E-state index contributed by atoms with van der Waals surface area (Å²) in [5.74, 6) is 0.596. The van der Waals surface area contributed by atoms with Gasteiger partial charge >= 0.3 is 0 Å². The number of para-hydroxylation sites is 1. The average Bonchev–Trinajstić information content (AvgIpc) is 3.13. The third kappa shape index (κ3) is 3.21. The van der Waals surface area contributed by atoms with Crippen molar-refractivity contribution in [3.63, 3.8) is 0 Å². The molecule has 0 bridgehead atoms. The molecule has 0 amide bonds. The van der Waals surface area contributed by atoms with Crippen molar-refractivity contribution in [3.05, 3.63) is 83.4 Å². The van der Waals surface area contributed by atoms with Crippen molar-refractivity contribution in [3.8, 4) is 22.6 Å². The number of nitrogens with zero attached hydrogens (tertiary/aromatic N) is 2. The predicted molar refractivity (Wildman–Crippen MR) is 118 cm³/mol. The number of ether oxygens (including phenoxy) is 1. The lowest BCUT2D eigenvalue weighted by atomic mass is 10.0. The zero-order valence-corrected chi connectivity index (χ0v) is 17.1. The smallest absolute Gasteiger partial charge is 0.166 e. The van der Waals surface area contributed by atoms with Gasteiger partial charge in [0.2, 0.25) is 0 Å². The fourth-order valence-electron chi connectivity index (χ4n) is 4.73. The lowest BCUT2D eigenvalue weighted by Crippen LogP contribution is -3.14. The Kier molecular flexibility index (Phi) is 4.89. The molecule has 1 fully saturated rings. The third-order valence-corrected chi connectivity index (χ3v) is 6.23. The van der Waals surface area contributed by atoms with Crippen LogP contribution in [0.15, 0.2) is 71.8 Å². The highest BCUT2D eigenvalue weighted by atomic mass is 16.5. The van der Waals surface area contributed by atoms with E-state index in [4.69, 9.17) is 4.74 Å². The van der Waals surface area contributed by atoms with E-state index >= 15 is 0 Å². The molecule has 1 aliphatic heterocycles. The number of phenols is 1. The van der Waals surface area contributed by atoms with Crippen LogP contribution < -0.4 is 9.64 Å². The first-order chi connectivity index (χ1) is 14.8. The lowest BCUT2D eigenvalue weighted by molar-refractivity contribution is -0.929. The van der Waals surface area contributed by atoms with E-state index in [0.29, 0.717) is 17.4 Å². The minimum absolute atomic E-state index is 0.132. The molecule has 30 heavy (non-hydrogen) atoms. The number of benzene rings is 3. The summed E-state index contributed by atoms with van der Waals surface area (Å²) in [6, 6.07) is 23.5. The minimum Gasteiger partial charge on any atom is -0.504 e. The highest BCUT2D eigenvalue weighted by molar-refractivity contribution is 5.84. The maximum atomic E-state index is 10.3. The molecular weight excluding hydrogens is 374 g/mol. The predicted octanol–water partition coefficient (Wildman–Crippen LogP) is 2.71. The molecule has 5 rings (SSSR count). The Morgan fingerprint density at radius 1 is 0.933 bits per heavy atom. The van der Waals surface area contributed by atoms with Gasteiger partial charge in [0.1, 0.15) is 6.04 Å². The Labute approximate surface area is 176 Å².